The number of thiophene rings is 1. The summed E-state index contributed by atoms with van der Waals surface area (Å²) in [5, 5.41) is 5.33. The highest BCUT2D eigenvalue weighted by Gasteiger charge is 2.39. The molecular weight excluding hydrogens is 428 g/mol. The third kappa shape index (κ3) is 4.54. The number of fused-ring (bicyclic) bond motifs is 2. The summed E-state index contributed by atoms with van der Waals surface area (Å²) < 4.78 is 27.6. The summed E-state index contributed by atoms with van der Waals surface area (Å²) in [7, 11) is -3.75. The molecule has 0 spiro atoms. The van der Waals surface area contributed by atoms with Crippen molar-refractivity contribution in [3.8, 4) is 0 Å². The number of anilines is 1. The predicted molar refractivity (Wildman–Crippen MR) is 117 cm³/mol. The highest BCUT2D eigenvalue weighted by Crippen LogP contribution is 2.44. The van der Waals surface area contributed by atoms with E-state index in [1.165, 1.54) is 25.3 Å². The number of hydrogen-bond acceptors (Lipinski definition) is 5. The van der Waals surface area contributed by atoms with Gasteiger partial charge < -0.3 is 5.32 Å². The molecule has 0 radical (unpaired) electrons. The van der Waals surface area contributed by atoms with Crippen molar-refractivity contribution in [2.24, 2.45) is 11.8 Å². The van der Waals surface area contributed by atoms with Crippen molar-refractivity contribution in [1.82, 2.24) is 16.2 Å². The van der Waals surface area contributed by atoms with Gasteiger partial charge in [-0.1, -0.05) is 24.6 Å². The summed E-state index contributed by atoms with van der Waals surface area (Å²) >= 11 is 6.41. The highest BCUT2D eigenvalue weighted by molar-refractivity contribution is 7.94. The Morgan fingerprint density at radius 3 is 2.59 bits per heavy atom. The molecule has 4 rings (SSSR count). The van der Waals surface area contributed by atoms with Gasteiger partial charge in [0, 0.05) is 6.04 Å². The maximum atomic E-state index is 12.6. The van der Waals surface area contributed by atoms with E-state index in [9.17, 15) is 13.2 Å². The van der Waals surface area contributed by atoms with Crippen molar-refractivity contribution in [3.05, 3.63) is 47.3 Å². The van der Waals surface area contributed by atoms with Gasteiger partial charge in [-0.05, 0) is 66.9 Å². The fourth-order valence-electron chi connectivity index (χ4n) is 4.19. The lowest BCUT2D eigenvalue weighted by Gasteiger charge is -2.24. The van der Waals surface area contributed by atoms with Crippen LogP contribution in [0.15, 0.2) is 46.0 Å². The van der Waals surface area contributed by atoms with E-state index in [2.05, 4.69) is 20.9 Å². The van der Waals surface area contributed by atoms with E-state index in [0.717, 1.165) is 23.7 Å². The van der Waals surface area contributed by atoms with Crippen LogP contribution in [0.3, 0.4) is 0 Å². The van der Waals surface area contributed by atoms with Gasteiger partial charge in [0.15, 0.2) is 5.11 Å². The molecule has 1 aromatic carbocycles. The number of hydrazine groups is 1. The molecule has 2 aliphatic carbocycles. The van der Waals surface area contributed by atoms with Crippen molar-refractivity contribution in [3.63, 3.8) is 0 Å². The monoisotopic (exact) mass is 450 g/mol. The largest absolute Gasteiger partial charge is 0.358 e. The second-order valence-corrected chi connectivity index (χ2v) is 10.7. The van der Waals surface area contributed by atoms with Gasteiger partial charge in [0.2, 0.25) is 0 Å². The number of benzene rings is 1. The molecule has 2 aromatic rings. The third-order valence-corrected chi connectivity index (χ3v) is 8.50. The number of hydrogen-bond donors (Lipinski definition) is 4. The molecule has 2 fully saturated rings. The van der Waals surface area contributed by atoms with Crippen molar-refractivity contribution in [1.29, 1.82) is 0 Å². The van der Waals surface area contributed by atoms with Crippen LogP contribution in [0.4, 0.5) is 5.69 Å². The zero-order valence-electron chi connectivity index (χ0n) is 15.6. The molecule has 2 bridgehead atoms. The first-order chi connectivity index (χ1) is 13.9. The standard InChI is InChI=1S/C19H22N4O3S3/c24-18(21-22-19(27)20-16-11-12-7-8-13(16)10-12)14-4-1-2-5-15(14)23-29(25,26)17-6-3-9-28-17/h1-6,9,12-13,16,23H,7-8,10-11H2,(H,21,24)(H2,20,22,27)/t12-,13+,16-/m1/s1. The summed E-state index contributed by atoms with van der Waals surface area (Å²) in [6.45, 7) is 0. The maximum Gasteiger partial charge on any atom is 0.271 e. The Balaban J connectivity index is 1.37. The Kier molecular flexibility index (Phi) is 5.75. The van der Waals surface area contributed by atoms with Crippen LogP contribution in [0.2, 0.25) is 0 Å². The van der Waals surface area contributed by atoms with Crippen LogP contribution >= 0.6 is 23.6 Å². The topological polar surface area (TPSA) is 99.3 Å². The first-order valence-electron chi connectivity index (χ1n) is 9.44. The summed E-state index contributed by atoms with van der Waals surface area (Å²) in [6, 6.07) is 9.96. The smallest absolute Gasteiger partial charge is 0.271 e. The Bertz CT molecular complexity index is 1010. The summed E-state index contributed by atoms with van der Waals surface area (Å²) in [5.41, 5.74) is 5.68. The second kappa shape index (κ2) is 8.29. The lowest BCUT2D eigenvalue weighted by Crippen LogP contribution is -2.50. The Labute approximate surface area is 179 Å². The van der Waals surface area contributed by atoms with Crippen molar-refractivity contribution < 1.29 is 13.2 Å². The molecule has 1 aromatic heterocycles. The van der Waals surface area contributed by atoms with E-state index in [-0.39, 0.29) is 15.5 Å². The van der Waals surface area contributed by atoms with Crippen LogP contribution in [0, 0.1) is 11.8 Å². The molecule has 7 nitrogen and oxygen atoms in total. The van der Waals surface area contributed by atoms with Crippen LogP contribution < -0.4 is 20.9 Å². The van der Waals surface area contributed by atoms with Gasteiger partial charge in [0.25, 0.3) is 15.9 Å². The van der Waals surface area contributed by atoms with Gasteiger partial charge in [-0.3, -0.25) is 20.4 Å². The van der Waals surface area contributed by atoms with E-state index >= 15 is 0 Å². The van der Waals surface area contributed by atoms with Gasteiger partial charge >= 0.3 is 0 Å². The second-order valence-electron chi connectivity index (χ2n) is 7.42. The molecule has 154 valence electrons. The number of carbonyl (C=O) groups is 1. The molecule has 10 heteroatoms. The summed E-state index contributed by atoms with van der Waals surface area (Å²) in [6.07, 6.45) is 4.91. The predicted octanol–water partition coefficient (Wildman–Crippen LogP) is 2.85. The molecule has 3 atom stereocenters. The zero-order chi connectivity index (χ0) is 20.4. The SMILES string of the molecule is O=C(NNC(=S)N[C@@H]1C[C@@H]2CC[C@H]1C2)c1ccccc1NS(=O)(=O)c1cccs1. The minimum absolute atomic E-state index is 0.182. The number of sulfonamides is 1. The minimum atomic E-state index is -3.75. The quantitative estimate of drug-likeness (QED) is 0.413. The summed E-state index contributed by atoms with van der Waals surface area (Å²) in [5.74, 6) is 0.965. The van der Waals surface area contributed by atoms with Crippen LogP contribution in [-0.2, 0) is 10.0 Å². The number of nitrogens with one attached hydrogen (secondary N) is 4. The first kappa shape index (κ1) is 20.1. The average Bonchev–Trinajstić information content (AvgIpc) is 3.44. The van der Waals surface area contributed by atoms with E-state index in [0.29, 0.717) is 17.1 Å². The van der Waals surface area contributed by atoms with Crippen LogP contribution in [-0.4, -0.2) is 25.5 Å². The maximum absolute atomic E-state index is 12.6. The van der Waals surface area contributed by atoms with Gasteiger partial charge in [-0.2, -0.15) is 0 Å². The number of carbonyl (C=O) groups excluding carboxylic acids is 1. The molecule has 0 saturated heterocycles. The Morgan fingerprint density at radius 1 is 1.07 bits per heavy atom. The van der Waals surface area contributed by atoms with Gasteiger partial charge in [0.05, 0.1) is 11.3 Å². The van der Waals surface area contributed by atoms with Crippen molar-refractivity contribution in [2.45, 2.75) is 35.9 Å². The van der Waals surface area contributed by atoms with E-state index < -0.39 is 15.9 Å². The zero-order valence-corrected chi connectivity index (χ0v) is 18.0. The number of amides is 1. The Morgan fingerprint density at radius 2 is 1.90 bits per heavy atom. The molecule has 0 aliphatic heterocycles. The van der Waals surface area contributed by atoms with Crippen LogP contribution in [0.25, 0.3) is 0 Å². The number of para-hydroxylation sites is 1. The third-order valence-electron chi connectivity index (χ3n) is 5.52. The van der Waals surface area contributed by atoms with Crippen LogP contribution in [0.1, 0.15) is 36.0 Å². The lowest BCUT2D eigenvalue weighted by atomic mass is 9.96. The molecule has 2 saturated carbocycles. The van der Waals surface area contributed by atoms with E-state index in [1.807, 2.05) is 0 Å². The molecule has 2 aliphatic rings. The molecule has 1 heterocycles. The van der Waals surface area contributed by atoms with Crippen LogP contribution in [0.5, 0.6) is 0 Å². The molecule has 4 N–H and O–H groups in total. The van der Waals surface area contributed by atoms with Gasteiger partial charge in [0.1, 0.15) is 4.21 Å². The first-order valence-corrected chi connectivity index (χ1v) is 12.2. The highest BCUT2D eigenvalue weighted by atomic mass is 32.2. The molecular formula is C19H22N4O3S3. The molecule has 29 heavy (non-hydrogen) atoms. The van der Waals surface area contributed by atoms with Crippen molar-refractivity contribution >= 4 is 50.3 Å². The molecule has 0 unspecified atom stereocenters. The number of thiocarbonyl (C=S) groups is 1. The van der Waals surface area contributed by atoms with E-state index in [4.69, 9.17) is 12.2 Å². The van der Waals surface area contributed by atoms with E-state index in [1.54, 1.807) is 35.7 Å². The Hall–Kier alpha value is -2.17. The fraction of sp³-hybridized carbons (Fsp3) is 0.368. The fourth-order valence-corrected chi connectivity index (χ4v) is 6.46. The average molecular weight is 451 g/mol. The van der Waals surface area contributed by atoms with Gasteiger partial charge in [-0.15, -0.1) is 11.3 Å². The van der Waals surface area contributed by atoms with Crippen molar-refractivity contribution in [2.75, 3.05) is 4.72 Å². The normalized spacial score (nSPS) is 22.8. The number of rotatable bonds is 5. The molecule has 1 amide bonds. The lowest BCUT2D eigenvalue weighted by molar-refractivity contribution is 0.0944. The minimum Gasteiger partial charge on any atom is -0.358 e. The van der Waals surface area contributed by atoms with Gasteiger partial charge in [-0.25, -0.2) is 8.42 Å². The summed E-state index contributed by atoms with van der Waals surface area (Å²) in [4.78, 5) is 12.6.